The number of esters is 1. The van der Waals surface area contributed by atoms with Gasteiger partial charge in [-0.05, 0) is 84.6 Å². The molecule has 6 heteroatoms. The molecule has 3 rings (SSSR count). The molecule has 0 radical (unpaired) electrons. The molecule has 1 aromatic heterocycles. The Hall–Kier alpha value is -2.10. The Labute approximate surface area is 202 Å². The molecule has 0 spiro atoms. The first-order valence-corrected chi connectivity index (χ1v) is 12.8. The number of allylic oxidation sites excluding steroid dienone is 2. The normalized spacial score (nSPS) is 23.2. The van der Waals surface area contributed by atoms with Gasteiger partial charge in [0.25, 0.3) is 0 Å². The van der Waals surface area contributed by atoms with Gasteiger partial charge in [0, 0.05) is 24.0 Å². The van der Waals surface area contributed by atoms with Gasteiger partial charge in [-0.3, -0.25) is 4.79 Å². The van der Waals surface area contributed by atoms with E-state index in [1.165, 1.54) is 24.0 Å². The number of carbonyl (C=O) groups excluding carboxylic acids is 2. The van der Waals surface area contributed by atoms with E-state index in [0.717, 1.165) is 49.8 Å². The van der Waals surface area contributed by atoms with Crippen molar-refractivity contribution in [2.24, 2.45) is 17.3 Å². The van der Waals surface area contributed by atoms with Crippen LogP contribution in [-0.4, -0.2) is 36.7 Å². The Kier molecular flexibility index (Phi) is 8.42. The third-order valence-electron chi connectivity index (χ3n) is 6.57. The molecule has 0 aliphatic heterocycles. The Balaban J connectivity index is 2.03. The second kappa shape index (κ2) is 10.9. The van der Waals surface area contributed by atoms with E-state index in [1.807, 2.05) is 31.7 Å². The molecular formula is C27H37NO4S. The standard InChI is InChI=1S/C27H37NO4S/c1-18-6-10-20(11-7-18)25(30)28(21-12-8-19(17-29)9-13-21)23-16-22(14-15-27(2,3)4)33-24(23)26(31)32-5/h6,16,19-21,29H,7-13,17H2,1-5H3/t19?,20-,21?/m0/s1. The highest BCUT2D eigenvalue weighted by molar-refractivity contribution is 7.15. The lowest BCUT2D eigenvalue weighted by molar-refractivity contribution is -0.123. The van der Waals surface area contributed by atoms with Crippen molar-refractivity contribution < 1.29 is 19.4 Å². The highest BCUT2D eigenvalue weighted by atomic mass is 32.1. The molecule has 0 aromatic carbocycles. The average molecular weight is 472 g/mol. The van der Waals surface area contributed by atoms with Crippen molar-refractivity contribution in [2.75, 3.05) is 18.6 Å². The van der Waals surface area contributed by atoms with E-state index < -0.39 is 5.97 Å². The van der Waals surface area contributed by atoms with Crippen LogP contribution in [0, 0.1) is 29.1 Å². The lowest BCUT2D eigenvalue weighted by Gasteiger charge is -2.38. The zero-order chi connectivity index (χ0) is 24.2. The molecule has 1 atom stereocenters. The second-order valence-corrected chi connectivity index (χ2v) is 11.5. The van der Waals surface area contributed by atoms with Crippen molar-refractivity contribution in [1.82, 2.24) is 0 Å². The smallest absolute Gasteiger partial charge is 0.350 e. The number of nitrogens with zero attached hydrogens (tertiary/aromatic N) is 1. The van der Waals surface area contributed by atoms with Gasteiger partial charge in [-0.2, -0.15) is 0 Å². The van der Waals surface area contributed by atoms with Crippen LogP contribution in [0.25, 0.3) is 0 Å². The Morgan fingerprint density at radius 3 is 2.45 bits per heavy atom. The third-order valence-corrected chi connectivity index (χ3v) is 7.59. The van der Waals surface area contributed by atoms with E-state index in [9.17, 15) is 14.7 Å². The number of hydrogen-bond donors (Lipinski definition) is 1. The van der Waals surface area contributed by atoms with Gasteiger partial charge >= 0.3 is 5.97 Å². The number of aliphatic hydroxyl groups is 1. The number of anilines is 1. The average Bonchev–Trinajstić information content (AvgIpc) is 3.21. The third kappa shape index (κ3) is 6.49. The summed E-state index contributed by atoms with van der Waals surface area (Å²) in [6.45, 7) is 8.44. The predicted molar refractivity (Wildman–Crippen MR) is 133 cm³/mol. The number of methoxy groups -OCH3 is 1. The molecule has 0 bridgehead atoms. The largest absolute Gasteiger partial charge is 0.465 e. The first-order chi connectivity index (χ1) is 15.6. The Morgan fingerprint density at radius 1 is 1.21 bits per heavy atom. The molecule has 0 saturated heterocycles. The van der Waals surface area contributed by atoms with Crippen LogP contribution in [0.4, 0.5) is 5.69 Å². The summed E-state index contributed by atoms with van der Waals surface area (Å²) in [6.07, 6.45) is 8.06. The summed E-state index contributed by atoms with van der Waals surface area (Å²) >= 11 is 1.30. The van der Waals surface area contributed by atoms with E-state index >= 15 is 0 Å². The lowest BCUT2D eigenvalue weighted by atomic mass is 9.84. The van der Waals surface area contributed by atoms with Crippen LogP contribution in [0.3, 0.4) is 0 Å². The van der Waals surface area contributed by atoms with E-state index in [2.05, 4.69) is 24.8 Å². The first-order valence-electron chi connectivity index (χ1n) is 12.0. The maximum Gasteiger partial charge on any atom is 0.350 e. The summed E-state index contributed by atoms with van der Waals surface area (Å²) in [4.78, 5) is 29.7. The molecule has 1 fully saturated rings. The predicted octanol–water partition coefficient (Wildman–Crippen LogP) is 5.56. The fourth-order valence-electron chi connectivity index (χ4n) is 4.58. The van der Waals surface area contributed by atoms with Crippen molar-refractivity contribution >= 4 is 28.9 Å². The zero-order valence-electron chi connectivity index (χ0n) is 20.6. The van der Waals surface area contributed by atoms with E-state index in [-0.39, 0.29) is 35.8 Å². The minimum Gasteiger partial charge on any atom is -0.465 e. The van der Waals surface area contributed by atoms with Crippen molar-refractivity contribution in [3.8, 4) is 11.8 Å². The monoisotopic (exact) mass is 471 g/mol. The molecule has 180 valence electrons. The molecule has 5 nitrogen and oxygen atoms in total. The van der Waals surface area contributed by atoms with Crippen molar-refractivity contribution in [3.05, 3.63) is 27.5 Å². The molecular weight excluding hydrogens is 434 g/mol. The Morgan fingerprint density at radius 2 is 1.91 bits per heavy atom. The van der Waals surface area contributed by atoms with Gasteiger partial charge in [0.15, 0.2) is 0 Å². The van der Waals surface area contributed by atoms with Gasteiger partial charge in [0.1, 0.15) is 4.88 Å². The topological polar surface area (TPSA) is 66.8 Å². The maximum atomic E-state index is 13.9. The van der Waals surface area contributed by atoms with Crippen molar-refractivity contribution in [1.29, 1.82) is 0 Å². The molecule has 1 saturated carbocycles. The fraction of sp³-hybridized carbons (Fsp3) is 0.630. The molecule has 1 heterocycles. The number of rotatable bonds is 5. The zero-order valence-corrected chi connectivity index (χ0v) is 21.4. The summed E-state index contributed by atoms with van der Waals surface area (Å²) in [5.74, 6) is 6.30. The van der Waals surface area contributed by atoms with Gasteiger partial charge in [0.05, 0.1) is 17.7 Å². The summed E-state index contributed by atoms with van der Waals surface area (Å²) < 4.78 is 5.09. The summed E-state index contributed by atoms with van der Waals surface area (Å²) in [5, 5.41) is 9.59. The van der Waals surface area contributed by atoms with Gasteiger partial charge in [0.2, 0.25) is 5.91 Å². The molecule has 1 aromatic rings. The molecule has 1 N–H and O–H groups in total. The van der Waals surface area contributed by atoms with Gasteiger partial charge in [-0.25, -0.2) is 4.79 Å². The molecule has 1 amide bonds. The fourth-order valence-corrected chi connectivity index (χ4v) is 5.50. The quantitative estimate of drug-likeness (QED) is 0.347. The van der Waals surface area contributed by atoms with Crippen LogP contribution in [0.1, 0.15) is 87.2 Å². The molecule has 2 aliphatic rings. The summed E-state index contributed by atoms with van der Waals surface area (Å²) in [5.41, 5.74) is 1.80. The van der Waals surface area contributed by atoms with Gasteiger partial charge in [-0.1, -0.05) is 23.5 Å². The number of carbonyl (C=O) groups is 2. The maximum absolute atomic E-state index is 13.9. The number of thiophene rings is 1. The van der Waals surface area contributed by atoms with E-state index in [0.29, 0.717) is 10.6 Å². The number of amides is 1. The highest BCUT2D eigenvalue weighted by Crippen LogP contribution is 2.39. The van der Waals surface area contributed by atoms with Crippen molar-refractivity contribution in [3.63, 3.8) is 0 Å². The Bertz CT molecular complexity index is 951. The van der Waals surface area contributed by atoms with Crippen molar-refractivity contribution in [2.45, 2.75) is 78.7 Å². The second-order valence-electron chi connectivity index (χ2n) is 10.4. The van der Waals surface area contributed by atoms with Crippen LogP contribution in [0.15, 0.2) is 17.7 Å². The van der Waals surface area contributed by atoms with Crippen LogP contribution >= 0.6 is 11.3 Å². The summed E-state index contributed by atoms with van der Waals surface area (Å²) in [7, 11) is 1.37. The van der Waals surface area contributed by atoms with E-state index in [1.54, 1.807) is 0 Å². The molecule has 33 heavy (non-hydrogen) atoms. The molecule has 0 unspecified atom stereocenters. The van der Waals surface area contributed by atoms with Crippen LogP contribution in [0.5, 0.6) is 0 Å². The van der Waals surface area contributed by atoms with Crippen LogP contribution < -0.4 is 4.90 Å². The first kappa shape index (κ1) is 25.5. The summed E-state index contributed by atoms with van der Waals surface area (Å²) in [6, 6.07) is 1.91. The minimum atomic E-state index is -0.431. The minimum absolute atomic E-state index is 0.00809. The van der Waals surface area contributed by atoms with Gasteiger partial charge < -0.3 is 14.7 Å². The van der Waals surface area contributed by atoms with Crippen LogP contribution in [0.2, 0.25) is 0 Å². The number of ether oxygens (including phenoxy) is 1. The van der Waals surface area contributed by atoms with Crippen LogP contribution in [-0.2, 0) is 9.53 Å². The lowest BCUT2D eigenvalue weighted by Crippen LogP contribution is -2.46. The van der Waals surface area contributed by atoms with E-state index in [4.69, 9.17) is 4.74 Å². The molecule has 2 aliphatic carbocycles. The number of hydrogen-bond acceptors (Lipinski definition) is 5. The van der Waals surface area contributed by atoms with Gasteiger partial charge in [-0.15, -0.1) is 11.3 Å². The SMILES string of the molecule is COC(=O)c1sc(C#CC(C)(C)C)cc1N(C(=O)[C@H]1CC=C(C)CC1)C1CCC(CO)CC1. The number of aliphatic hydroxyl groups excluding tert-OH is 1. The highest BCUT2D eigenvalue weighted by Gasteiger charge is 2.36.